The van der Waals surface area contributed by atoms with Crippen LogP contribution in [-0.2, 0) is 26.0 Å². The van der Waals surface area contributed by atoms with Crippen molar-refractivity contribution in [3.63, 3.8) is 0 Å². The molecule has 0 saturated heterocycles. The van der Waals surface area contributed by atoms with Crippen LogP contribution in [0.3, 0.4) is 0 Å². The van der Waals surface area contributed by atoms with Crippen molar-refractivity contribution < 1.29 is 17.9 Å². The molecule has 138 valence electrons. The highest BCUT2D eigenvalue weighted by atomic mass is 32.2. The number of benzene rings is 2. The van der Waals surface area contributed by atoms with Gasteiger partial charge in [0.25, 0.3) is 10.0 Å². The van der Waals surface area contributed by atoms with Gasteiger partial charge in [0.1, 0.15) is 6.54 Å². The molecule has 0 radical (unpaired) electrons. The molecule has 0 fully saturated rings. The fourth-order valence-electron chi connectivity index (χ4n) is 3.30. The molecule has 27 heavy (non-hydrogen) atoms. The van der Waals surface area contributed by atoms with E-state index >= 15 is 0 Å². The number of carbonyl (C=O) groups is 1. The minimum absolute atomic E-state index is 0.237. The Kier molecular flexibility index (Phi) is 4.53. The predicted molar refractivity (Wildman–Crippen MR) is 102 cm³/mol. The number of anilines is 1. The number of aromatic nitrogens is 1. The first kappa shape index (κ1) is 17.5. The summed E-state index contributed by atoms with van der Waals surface area (Å²) in [6, 6.07) is 14.3. The van der Waals surface area contributed by atoms with Crippen LogP contribution in [-0.4, -0.2) is 32.5 Å². The van der Waals surface area contributed by atoms with E-state index in [4.69, 9.17) is 4.74 Å². The van der Waals surface area contributed by atoms with Gasteiger partial charge in [-0.15, -0.1) is 0 Å². The van der Waals surface area contributed by atoms with Gasteiger partial charge in [-0.1, -0.05) is 24.3 Å². The van der Waals surface area contributed by atoms with E-state index in [1.54, 1.807) is 36.7 Å². The van der Waals surface area contributed by atoms with Crippen LogP contribution in [0.2, 0.25) is 0 Å². The molecule has 0 spiro atoms. The van der Waals surface area contributed by atoms with E-state index in [-0.39, 0.29) is 18.0 Å². The van der Waals surface area contributed by atoms with Crippen LogP contribution < -0.4 is 4.31 Å². The molecule has 0 unspecified atom stereocenters. The number of pyridine rings is 1. The molecule has 0 atom stereocenters. The molecule has 1 aromatic heterocycles. The standard InChI is InChI=1S/C20H18N2O4S/c23-19(26-13-3-4-15-9-11-21-12-10-15)14-22-17-7-1-5-16-6-2-8-18(20(16)17)27(22,24)25/h1-2,5-12H,3-4,13-14H2. The zero-order chi connectivity index (χ0) is 18.9. The van der Waals surface area contributed by atoms with Crippen molar-refractivity contribution in [2.45, 2.75) is 17.7 Å². The highest BCUT2D eigenvalue weighted by Crippen LogP contribution is 2.41. The molecule has 0 bridgehead atoms. The second-order valence-corrected chi connectivity index (χ2v) is 8.15. The van der Waals surface area contributed by atoms with Crippen LogP contribution in [0.15, 0.2) is 65.8 Å². The maximum atomic E-state index is 12.8. The Bertz CT molecular complexity index is 1090. The van der Waals surface area contributed by atoms with Crippen molar-refractivity contribution in [2.24, 2.45) is 0 Å². The third-order valence-electron chi connectivity index (χ3n) is 4.58. The summed E-state index contributed by atoms with van der Waals surface area (Å²) in [5.74, 6) is -0.557. The average molecular weight is 382 g/mol. The smallest absolute Gasteiger partial charge is 0.326 e. The Morgan fingerprint density at radius 2 is 1.78 bits per heavy atom. The van der Waals surface area contributed by atoms with Gasteiger partial charge >= 0.3 is 5.97 Å². The fraction of sp³-hybridized carbons (Fsp3) is 0.200. The quantitative estimate of drug-likeness (QED) is 0.484. The molecule has 1 aliphatic heterocycles. The Labute approximate surface area is 157 Å². The van der Waals surface area contributed by atoms with Crippen LogP contribution in [0.4, 0.5) is 5.69 Å². The molecule has 3 aromatic rings. The summed E-state index contributed by atoms with van der Waals surface area (Å²) in [5.41, 5.74) is 1.64. The Morgan fingerprint density at radius 3 is 2.56 bits per heavy atom. The summed E-state index contributed by atoms with van der Waals surface area (Å²) in [5, 5.41) is 1.49. The summed E-state index contributed by atoms with van der Waals surface area (Å²) in [4.78, 5) is 16.4. The topological polar surface area (TPSA) is 76.6 Å². The van der Waals surface area contributed by atoms with E-state index in [1.165, 1.54) is 0 Å². The van der Waals surface area contributed by atoms with Crippen LogP contribution in [0.25, 0.3) is 10.8 Å². The lowest BCUT2D eigenvalue weighted by Gasteiger charge is -2.17. The third kappa shape index (κ3) is 3.26. The number of ether oxygens (including phenoxy) is 1. The number of rotatable bonds is 6. The molecule has 2 aromatic carbocycles. The maximum absolute atomic E-state index is 12.8. The highest BCUT2D eigenvalue weighted by molar-refractivity contribution is 7.93. The van der Waals surface area contributed by atoms with Gasteiger partial charge in [0.05, 0.1) is 17.2 Å². The predicted octanol–water partition coefficient (Wildman–Crippen LogP) is 2.92. The van der Waals surface area contributed by atoms with E-state index < -0.39 is 16.0 Å². The van der Waals surface area contributed by atoms with Gasteiger partial charge in [-0.25, -0.2) is 8.42 Å². The number of carbonyl (C=O) groups excluding carboxylic acids is 1. The van der Waals surface area contributed by atoms with Gasteiger partial charge in [0.15, 0.2) is 0 Å². The van der Waals surface area contributed by atoms with Crippen LogP contribution >= 0.6 is 0 Å². The Morgan fingerprint density at radius 1 is 1.04 bits per heavy atom. The van der Waals surface area contributed by atoms with Gasteiger partial charge in [-0.3, -0.25) is 14.1 Å². The monoisotopic (exact) mass is 382 g/mol. The van der Waals surface area contributed by atoms with Gasteiger partial charge in [-0.05, 0) is 48.1 Å². The van der Waals surface area contributed by atoms with E-state index in [1.807, 2.05) is 24.3 Å². The van der Waals surface area contributed by atoms with Crippen molar-refractivity contribution in [1.82, 2.24) is 4.98 Å². The molecule has 0 aliphatic carbocycles. The SMILES string of the molecule is O=C(CN1c2cccc3cccc(c23)S1(=O)=O)OCCCc1ccncc1. The van der Waals surface area contributed by atoms with Gasteiger partial charge in [0.2, 0.25) is 0 Å². The van der Waals surface area contributed by atoms with E-state index in [2.05, 4.69) is 4.98 Å². The first-order chi connectivity index (χ1) is 13.1. The summed E-state index contributed by atoms with van der Waals surface area (Å²) < 4.78 is 32.0. The summed E-state index contributed by atoms with van der Waals surface area (Å²) in [6.45, 7) is -0.0857. The molecule has 2 heterocycles. The minimum Gasteiger partial charge on any atom is -0.464 e. The van der Waals surface area contributed by atoms with Gasteiger partial charge in [0, 0.05) is 17.8 Å². The lowest BCUT2D eigenvalue weighted by Crippen LogP contribution is -2.33. The van der Waals surface area contributed by atoms with Crippen molar-refractivity contribution >= 4 is 32.5 Å². The van der Waals surface area contributed by atoms with Crippen molar-refractivity contribution in [1.29, 1.82) is 0 Å². The minimum atomic E-state index is -3.74. The second kappa shape index (κ2) is 7.00. The summed E-state index contributed by atoms with van der Waals surface area (Å²) in [7, 11) is -3.74. The third-order valence-corrected chi connectivity index (χ3v) is 6.38. The molecule has 0 amide bonds. The lowest BCUT2D eigenvalue weighted by atomic mass is 10.1. The highest BCUT2D eigenvalue weighted by Gasteiger charge is 2.36. The van der Waals surface area contributed by atoms with Crippen LogP contribution in [0, 0.1) is 0 Å². The van der Waals surface area contributed by atoms with Crippen molar-refractivity contribution in [2.75, 3.05) is 17.5 Å². The molecular weight excluding hydrogens is 364 g/mol. The van der Waals surface area contributed by atoms with E-state index in [0.717, 1.165) is 21.7 Å². The Balaban J connectivity index is 1.42. The molecular formula is C20H18N2O4S. The maximum Gasteiger partial charge on any atom is 0.326 e. The number of hydrogen-bond donors (Lipinski definition) is 0. The van der Waals surface area contributed by atoms with Crippen LogP contribution in [0.1, 0.15) is 12.0 Å². The van der Waals surface area contributed by atoms with Crippen molar-refractivity contribution in [3.05, 3.63) is 66.5 Å². The molecule has 1 aliphatic rings. The molecule has 0 saturated carbocycles. The number of sulfonamides is 1. The number of hydrogen-bond acceptors (Lipinski definition) is 5. The van der Waals surface area contributed by atoms with Gasteiger partial charge in [-0.2, -0.15) is 0 Å². The zero-order valence-corrected chi connectivity index (χ0v) is 15.4. The molecule has 7 heteroatoms. The van der Waals surface area contributed by atoms with Crippen LogP contribution in [0.5, 0.6) is 0 Å². The normalized spacial score (nSPS) is 14.4. The summed E-state index contributed by atoms with van der Waals surface area (Å²) in [6.07, 6.45) is 4.87. The number of nitrogens with zero attached hydrogens (tertiary/aromatic N) is 2. The second-order valence-electron chi connectivity index (χ2n) is 6.32. The zero-order valence-electron chi connectivity index (χ0n) is 14.5. The first-order valence-corrected chi connectivity index (χ1v) is 10.1. The Hall–Kier alpha value is -2.93. The largest absolute Gasteiger partial charge is 0.464 e. The van der Waals surface area contributed by atoms with Crippen molar-refractivity contribution in [3.8, 4) is 0 Å². The number of aryl methyl sites for hydroxylation is 1. The summed E-state index contributed by atoms with van der Waals surface area (Å²) >= 11 is 0. The number of esters is 1. The fourth-order valence-corrected chi connectivity index (χ4v) is 4.96. The lowest BCUT2D eigenvalue weighted by molar-refractivity contribution is -0.141. The van der Waals surface area contributed by atoms with Gasteiger partial charge < -0.3 is 4.74 Å². The first-order valence-electron chi connectivity index (χ1n) is 8.66. The molecule has 4 rings (SSSR count). The molecule has 0 N–H and O–H groups in total. The average Bonchev–Trinajstić information content (AvgIpc) is 2.90. The van der Waals surface area contributed by atoms with E-state index in [0.29, 0.717) is 17.5 Å². The molecule has 6 nitrogen and oxygen atoms in total. The van der Waals surface area contributed by atoms with E-state index in [9.17, 15) is 13.2 Å².